The minimum atomic E-state index is -0.241. The first-order valence-electron chi connectivity index (χ1n) is 8.70. The zero-order valence-electron chi connectivity index (χ0n) is 15.7. The number of hydrogen-bond donors (Lipinski definition) is 2. The van der Waals surface area contributed by atoms with Crippen LogP contribution in [0.1, 0.15) is 11.1 Å². The van der Waals surface area contributed by atoms with Crippen molar-refractivity contribution >= 4 is 34.1 Å². The highest BCUT2D eigenvalue weighted by Gasteiger charge is 2.12. The van der Waals surface area contributed by atoms with Crippen LogP contribution in [0.15, 0.2) is 48.7 Å². The van der Waals surface area contributed by atoms with Gasteiger partial charge >= 0.3 is 0 Å². The fourth-order valence-corrected chi connectivity index (χ4v) is 3.10. The Labute approximate surface area is 158 Å². The quantitative estimate of drug-likeness (QED) is 0.704. The van der Waals surface area contributed by atoms with Gasteiger partial charge in [0.05, 0.1) is 6.42 Å². The summed E-state index contributed by atoms with van der Waals surface area (Å²) in [5.74, 6) is -0.343. The Balaban J connectivity index is 1.74. The zero-order valence-corrected chi connectivity index (χ0v) is 15.7. The van der Waals surface area contributed by atoms with Gasteiger partial charge < -0.3 is 19.9 Å². The third kappa shape index (κ3) is 4.35. The van der Waals surface area contributed by atoms with Gasteiger partial charge in [-0.15, -0.1) is 0 Å². The Hall–Kier alpha value is -3.12. The monoisotopic (exact) mass is 365 g/mol. The van der Waals surface area contributed by atoms with E-state index in [4.69, 9.17) is 4.74 Å². The molecule has 0 aliphatic heterocycles. The van der Waals surface area contributed by atoms with E-state index in [0.717, 1.165) is 22.0 Å². The van der Waals surface area contributed by atoms with Crippen LogP contribution in [0, 0.1) is 6.92 Å². The molecule has 27 heavy (non-hydrogen) atoms. The molecule has 3 rings (SSSR count). The fourth-order valence-electron chi connectivity index (χ4n) is 3.10. The van der Waals surface area contributed by atoms with Crippen LogP contribution in [-0.2, 0) is 27.8 Å². The van der Waals surface area contributed by atoms with Crippen LogP contribution < -0.4 is 10.6 Å². The number of hydrogen-bond acceptors (Lipinski definition) is 3. The maximum Gasteiger partial charge on any atom is 0.250 e. The number of aryl methyl sites for hydroxylation is 2. The van der Waals surface area contributed by atoms with Crippen molar-refractivity contribution in [1.82, 2.24) is 4.57 Å². The van der Waals surface area contributed by atoms with Crippen LogP contribution in [0.5, 0.6) is 0 Å². The van der Waals surface area contributed by atoms with E-state index in [1.165, 1.54) is 7.11 Å². The SMILES string of the molecule is COCC(=O)Nc1ccc(C)c(NC(=O)Cc2cn(C)c3ccccc23)c1. The second-order valence-electron chi connectivity index (χ2n) is 6.52. The number of methoxy groups -OCH3 is 1. The van der Waals surface area contributed by atoms with Crippen molar-refractivity contribution < 1.29 is 14.3 Å². The molecule has 1 aromatic heterocycles. The second kappa shape index (κ2) is 8.05. The van der Waals surface area contributed by atoms with Crippen LogP contribution in [-0.4, -0.2) is 30.1 Å². The van der Waals surface area contributed by atoms with Crippen molar-refractivity contribution in [1.29, 1.82) is 0 Å². The van der Waals surface area contributed by atoms with Crippen LogP contribution in [0.4, 0.5) is 11.4 Å². The summed E-state index contributed by atoms with van der Waals surface area (Å²) in [5.41, 5.74) is 4.29. The van der Waals surface area contributed by atoms with E-state index in [2.05, 4.69) is 10.6 Å². The number of ether oxygens (including phenoxy) is 1. The number of aromatic nitrogens is 1. The summed E-state index contributed by atoms with van der Waals surface area (Å²) in [6.45, 7) is 1.89. The van der Waals surface area contributed by atoms with Gasteiger partial charge in [0.1, 0.15) is 6.61 Å². The van der Waals surface area contributed by atoms with Crippen LogP contribution in [0.3, 0.4) is 0 Å². The molecule has 0 saturated heterocycles. The third-order valence-corrected chi connectivity index (χ3v) is 4.40. The molecular weight excluding hydrogens is 342 g/mol. The number of carbonyl (C=O) groups excluding carboxylic acids is 2. The Morgan fingerprint density at radius 1 is 1.07 bits per heavy atom. The van der Waals surface area contributed by atoms with Gasteiger partial charge in [0, 0.05) is 42.6 Å². The number of nitrogens with one attached hydrogen (secondary N) is 2. The molecule has 6 heteroatoms. The Bertz CT molecular complexity index is 992. The van der Waals surface area contributed by atoms with Gasteiger partial charge in [-0.25, -0.2) is 0 Å². The molecule has 2 N–H and O–H groups in total. The molecule has 2 amide bonds. The van der Waals surface area contributed by atoms with Crippen molar-refractivity contribution in [2.45, 2.75) is 13.3 Å². The van der Waals surface area contributed by atoms with E-state index >= 15 is 0 Å². The molecule has 0 aliphatic carbocycles. The molecule has 140 valence electrons. The first kappa shape index (κ1) is 18.7. The van der Waals surface area contributed by atoms with Crippen LogP contribution in [0.25, 0.3) is 10.9 Å². The molecule has 1 heterocycles. The standard InChI is InChI=1S/C21H23N3O3/c1-14-8-9-16(22-21(26)13-27-3)11-18(14)23-20(25)10-15-12-24(2)19-7-5-4-6-17(15)19/h4-9,11-12H,10,13H2,1-3H3,(H,22,26)(H,23,25). The van der Waals surface area contributed by atoms with E-state index in [9.17, 15) is 9.59 Å². The molecule has 0 saturated carbocycles. The average Bonchev–Trinajstić information content (AvgIpc) is 2.94. The summed E-state index contributed by atoms with van der Waals surface area (Å²) >= 11 is 0. The van der Waals surface area contributed by atoms with Gasteiger partial charge in [0.25, 0.3) is 0 Å². The molecule has 0 spiro atoms. The Morgan fingerprint density at radius 3 is 2.63 bits per heavy atom. The summed E-state index contributed by atoms with van der Waals surface area (Å²) < 4.78 is 6.84. The van der Waals surface area contributed by atoms with Crippen molar-refractivity contribution in [2.75, 3.05) is 24.4 Å². The number of benzene rings is 2. The largest absolute Gasteiger partial charge is 0.375 e. The number of rotatable bonds is 6. The summed E-state index contributed by atoms with van der Waals surface area (Å²) in [6.07, 6.45) is 2.26. The second-order valence-corrected chi connectivity index (χ2v) is 6.52. The average molecular weight is 365 g/mol. The number of para-hydroxylation sites is 1. The molecule has 0 fully saturated rings. The van der Waals surface area contributed by atoms with Gasteiger partial charge in [0.15, 0.2) is 0 Å². The predicted molar refractivity (Wildman–Crippen MR) is 107 cm³/mol. The van der Waals surface area contributed by atoms with E-state index < -0.39 is 0 Å². The maximum atomic E-state index is 12.6. The Kier molecular flexibility index (Phi) is 5.57. The molecule has 0 radical (unpaired) electrons. The number of fused-ring (bicyclic) bond motifs is 1. The lowest BCUT2D eigenvalue weighted by atomic mass is 10.1. The topological polar surface area (TPSA) is 72.4 Å². The van der Waals surface area contributed by atoms with Gasteiger partial charge in [0.2, 0.25) is 11.8 Å². The number of anilines is 2. The van der Waals surface area contributed by atoms with Crippen LogP contribution >= 0.6 is 0 Å². The highest BCUT2D eigenvalue weighted by atomic mass is 16.5. The highest BCUT2D eigenvalue weighted by molar-refractivity contribution is 5.98. The summed E-state index contributed by atoms with van der Waals surface area (Å²) in [4.78, 5) is 24.3. The molecule has 0 unspecified atom stereocenters. The lowest BCUT2D eigenvalue weighted by molar-refractivity contribution is -0.119. The number of nitrogens with zero attached hydrogens (tertiary/aromatic N) is 1. The van der Waals surface area contributed by atoms with E-state index in [1.807, 2.05) is 55.1 Å². The lowest BCUT2D eigenvalue weighted by Crippen LogP contribution is -2.18. The number of carbonyl (C=O) groups is 2. The first-order chi connectivity index (χ1) is 13.0. The van der Waals surface area contributed by atoms with Gasteiger partial charge in [-0.2, -0.15) is 0 Å². The normalized spacial score (nSPS) is 10.8. The van der Waals surface area contributed by atoms with Crippen molar-refractivity contribution in [3.05, 3.63) is 59.8 Å². The van der Waals surface area contributed by atoms with Gasteiger partial charge in [-0.05, 0) is 36.2 Å². The maximum absolute atomic E-state index is 12.6. The van der Waals surface area contributed by atoms with Gasteiger partial charge in [-0.1, -0.05) is 24.3 Å². The molecule has 2 aromatic carbocycles. The summed E-state index contributed by atoms with van der Waals surface area (Å²) in [5, 5.41) is 6.77. The predicted octanol–water partition coefficient (Wildman–Crippen LogP) is 3.25. The van der Waals surface area contributed by atoms with Crippen molar-refractivity contribution in [2.24, 2.45) is 7.05 Å². The molecule has 3 aromatic rings. The summed E-state index contributed by atoms with van der Waals surface area (Å²) in [6, 6.07) is 13.4. The molecular formula is C21H23N3O3. The highest BCUT2D eigenvalue weighted by Crippen LogP contribution is 2.23. The minimum Gasteiger partial charge on any atom is -0.375 e. The zero-order chi connectivity index (χ0) is 19.4. The molecule has 6 nitrogen and oxygen atoms in total. The van der Waals surface area contributed by atoms with E-state index in [1.54, 1.807) is 12.1 Å². The molecule has 0 bridgehead atoms. The molecule has 0 aliphatic rings. The number of amides is 2. The smallest absolute Gasteiger partial charge is 0.250 e. The minimum absolute atomic E-state index is 0.0172. The Morgan fingerprint density at radius 2 is 1.85 bits per heavy atom. The lowest BCUT2D eigenvalue weighted by Gasteiger charge is -2.11. The van der Waals surface area contributed by atoms with Crippen LogP contribution in [0.2, 0.25) is 0 Å². The van der Waals surface area contributed by atoms with Gasteiger partial charge in [-0.3, -0.25) is 9.59 Å². The van der Waals surface area contributed by atoms with Crippen molar-refractivity contribution in [3.8, 4) is 0 Å². The molecule has 0 atom stereocenters. The fraction of sp³-hybridized carbons (Fsp3) is 0.238. The summed E-state index contributed by atoms with van der Waals surface area (Å²) in [7, 11) is 3.44. The van der Waals surface area contributed by atoms with Crippen molar-refractivity contribution in [3.63, 3.8) is 0 Å². The first-order valence-corrected chi connectivity index (χ1v) is 8.70. The van der Waals surface area contributed by atoms with E-state index in [-0.39, 0.29) is 24.8 Å². The third-order valence-electron chi connectivity index (χ3n) is 4.40. The van der Waals surface area contributed by atoms with E-state index in [0.29, 0.717) is 11.4 Å².